The molecular formula is C22H30O7. The van der Waals surface area contributed by atoms with Crippen LogP contribution >= 0.6 is 0 Å². The highest BCUT2D eigenvalue weighted by atomic mass is 16.5. The lowest BCUT2D eigenvalue weighted by Gasteiger charge is -2.13. The van der Waals surface area contributed by atoms with Gasteiger partial charge in [0.2, 0.25) is 0 Å². The smallest absolute Gasteiger partial charge is 0.122 e. The summed E-state index contributed by atoms with van der Waals surface area (Å²) in [5.41, 5.74) is 2.97. The number of ether oxygens (including phenoxy) is 4. The standard InChI is InChI=1S/C22H30O7/c23-8-7-20-17-19(18-1-4-21(5-2-18)28-12-10-25)3-6-22(20)29-16-15-27-14-13-26-11-9-24/h1-6,17,23-25H,7-16H2. The lowest BCUT2D eigenvalue weighted by atomic mass is 10.0. The van der Waals surface area contributed by atoms with Crippen molar-refractivity contribution >= 4 is 0 Å². The Labute approximate surface area is 171 Å². The van der Waals surface area contributed by atoms with Crippen LogP contribution in [0.3, 0.4) is 0 Å². The Balaban J connectivity index is 1.90. The first-order chi connectivity index (χ1) is 14.3. The summed E-state index contributed by atoms with van der Waals surface area (Å²) in [6.45, 7) is 2.32. The van der Waals surface area contributed by atoms with E-state index in [9.17, 15) is 5.11 Å². The molecule has 29 heavy (non-hydrogen) atoms. The van der Waals surface area contributed by atoms with Crippen LogP contribution in [-0.4, -0.2) is 74.8 Å². The summed E-state index contributed by atoms with van der Waals surface area (Å²) < 4.78 is 21.7. The number of hydrogen-bond acceptors (Lipinski definition) is 7. The largest absolute Gasteiger partial charge is 0.491 e. The average Bonchev–Trinajstić information content (AvgIpc) is 2.75. The molecule has 0 atom stereocenters. The lowest BCUT2D eigenvalue weighted by molar-refractivity contribution is 0.0246. The monoisotopic (exact) mass is 406 g/mol. The van der Waals surface area contributed by atoms with Crippen LogP contribution in [0.1, 0.15) is 5.56 Å². The minimum Gasteiger partial charge on any atom is -0.491 e. The Bertz CT molecular complexity index is 688. The van der Waals surface area contributed by atoms with E-state index in [0.29, 0.717) is 45.2 Å². The van der Waals surface area contributed by atoms with E-state index in [-0.39, 0.29) is 26.4 Å². The highest BCUT2D eigenvalue weighted by Gasteiger charge is 2.07. The zero-order chi connectivity index (χ0) is 20.7. The molecule has 0 bridgehead atoms. The quantitative estimate of drug-likeness (QED) is 0.387. The number of aliphatic hydroxyl groups excluding tert-OH is 3. The summed E-state index contributed by atoms with van der Waals surface area (Å²) in [6.07, 6.45) is 0.497. The molecule has 0 unspecified atom stereocenters. The maximum absolute atomic E-state index is 9.39. The molecule has 2 aromatic carbocycles. The first-order valence-electron chi connectivity index (χ1n) is 9.75. The van der Waals surface area contributed by atoms with E-state index in [1.807, 2.05) is 42.5 Å². The highest BCUT2D eigenvalue weighted by Crippen LogP contribution is 2.28. The molecule has 7 heteroatoms. The van der Waals surface area contributed by atoms with Crippen LogP contribution in [0.25, 0.3) is 11.1 Å². The summed E-state index contributed by atoms with van der Waals surface area (Å²) in [5.74, 6) is 1.44. The maximum atomic E-state index is 9.39. The molecule has 0 aromatic heterocycles. The molecule has 0 amide bonds. The van der Waals surface area contributed by atoms with Gasteiger partial charge in [0.05, 0.1) is 39.6 Å². The highest BCUT2D eigenvalue weighted by molar-refractivity contribution is 5.66. The molecule has 3 N–H and O–H groups in total. The van der Waals surface area contributed by atoms with E-state index in [0.717, 1.165) is 22.4 Å². The fourth-order valence-corrected chi connectivity index (χ4v) is 2.72. The van der Waals surface area contributed by atoms with Gasteiger partial charge in [0.25, 0.3) is 0 Å². The van der Waals surface area contributed by atoms with Crippen LogP contribution in [-0.2, 0) is 15.9 Å². The van der Waals surface area contributed by atoms with Gasteiger partial charge in [-0.25, -0.2) is 0 Å². The second-order valence-electron chi connectivity index (χ2n) is 6.19. The molecule has 0 spiro atoms. The number of benzene rings is 2. The van der Waals surface area contributed by atoms with Gasteiger partial charge in [-0.3, -0.25) is 0 Å². The summed E-state index contributed by atoms with van der Waals surface area (Å²) in [6, 6.07) is 13.5. The van der Waals surface area contributed by atoms with Crippen LogP contribution in [0.4, 0.5) is 0 Å². The molecule has 0 saturated carbocycles. The molecule has 2 rings (SSSR count). The van der Waals surface area contributed by atoms with Gasteiger partial charge in [0.15, 0.2) is 0 Å². The van der Waals surface area contributed by atoms with Crippen LogP contribution in [0.2, 0.25) is 0 Å². The van der Waals surface area contributed by atoms with Crippen molar-refractivity contribution in [3.05, 3.63) is 48.0 Å². The fourth-order valence-electron chi connectivity index (χ4n) is 2.72. The fraction of sp³-hybridized carbons (Fsp3) is 0.455. The molecule has 7 nitrogen and oxygen atoms in total. The molecule has 160 valence electrons. The molecule has 0 fully saturated rings. The summed E-state index contributed by atoms with van der Waals surface area (Å²) in [4.78, 5) is 0. The zero-order valence-electron chi connectivity index (χ0n) is 16.6. The third-order valence-electron chi connectivity index (χ3n) is 4.08. The van der Waals surface area contributed by atoms with Crippen molar-refractivity contribution in [3.63, 3.8) is 0 Å². The normalized spacial score (nSPS) is 10.9. The summed E-state index contributed by atoms with van der Waals surface area (Å²) in [5, 5.41) is 26.8. The van der Waals surface area contributed by atoms with Gasteiger partial charge in [0.1, 0.15) is 24.7 Å². The van der Waals surface area contributed by atoms with Crippen LogP contribution in [0, 0.1) is 0 Å². The third-order valence-corrected chi connectivity index (χ3v) is 4.08. The van der Waals surface area contributed by atoms with Gasteiger partial charge in [-0.05, 0) is 47.4 Å². The van der Waals surface area contributed by atoms with E-state index in [1.165, 1.54) is 0 Å². The summed E-state index contributed by atoms with van der Waals surface area (Å²) >= 11 is 0. The third kappa shape index (κ3) is 8.39. The number of hydrogen-bond donors (Lipinski definition) is 3. The Kier molecular flexibility index (Phi) is 11.1. The van der Waals surface area contributed by atoms with Gasteiger partial charge in [-0.1, -0.05) is 18.2 Å². The van der Waals surface area contributed by atoms with Crippen molar-refractivity contribution in [1.82, 2.24) is 0 Å². The van der Waals surface area contributed by atoms with Crippen molar-refractivity contribution < 1.29 is 34.3 Å². The maximum Gasteiger partial charge on any atom is 0.122 e. The van der Waals surface area contributed by atoms with Crippen LogP contribution in [0.5, 0.6) is 11.5 Å². The zero-order valence-corrected chi connectivity index (χ0v) is 16.6. The lowest BCUT2D eigenvalue weighted by Crippen LogP contribution is -2.12. The predicted octanol–water partition coefficient (Wildman–Crippen LogP) is 1.66. The minimum absolute atomic E-state index is 0.00831. The van der Waals surface area contributed by atoms with E-state index < -0.39 is 0 Å². The van der Waals surface area contributed by atoms with Gasteiger partial charge in [0, 0.05) is 6.61 Å². The van der Waals surface area contributed by atoms with E-state index in [2.05, 4.69) is 0 Å². The van der Waals surface area contributed by atoms with Gasteiger partial charge < -0.3 is 34.3 Å². The Morgan fingerprint density at radius 2 is 1.24 bits per heavy atom. The van der Waals surface area contributed by atoms with Gasteiger partial charge in [-0.2, -0.15) is 0 Å². The van der Waals surface area contributed by atoms with Crippen molar-refractivity contribution in [2.24, 2.45) is 0 Å². The molecule has 0 aliphatic carbocycles. The SMILES string of the molecule is OCCOCCOCCOc1ccc(-c2ccc(OCCO)cc2)cc1CCO. The molecule has 0 radical (unpaired) electrons. The van der Waals surface area contributed by atoms with Crippen molar-refractivity contribution in [3.8, 4) is 22.6 Å². The molecule has 0 heterocycles. The first-order valence-corrected chi connectivity index (χ1v) is 9.75. The first kappa shape index (κ1) is 23.1. The molecule has 0 saturated heterocycles. The predicted molar refractivity (Wildman–Crippen MR) is 109 cm³/mol. The molecule has 2 aromatic rings. The Hall–Kier alpha value is -2.16. The molecular weight excluding hydrogens is 376 g/mol. The second kappa shape index (κ2) is 13.9. The molecule has 0 aliphatic heterocycles. The van der Waals surface area contributed by atoms with Crippen molar-refractivity contribution in [2.45, 2.75) is 6.42 Å². The van der Waals surface area contributed by atoms with E-state index >= 15 is 0 Å². The number of aliphatic hydroxyl groups is 3. The Morgan fingerprint density at radius 3 is 1.93 bits per heavy atom. The van der Waals surface area contributed by atoms with Crippen molar-refractivity contribution in [2.75, 3.05) is 59.5 Å². The Morgan fingerprint density at radius 1 is 0.586 bits per heavy atom. The van der Waals surface area contributed by atoms with E-state index in [1.54, 1.807) is 0 Å². The second-order valence-corrected chi connectivity index (χ2v) is 6.19. The van der Waals surface area contributed by atoms with Crippen LogP contribution < -0.4 is 9.47 Å². The summed E-state index contributed by atoms with van der Waals surface area (Å²) in [7, 11) is 0. The minimum atomic E-state index is -0.0176. The van der Waals surface area contributed by atoms with Gasteiger partial charge in [-0.15, -0.1) is 0 Å². The van der Waals surface area contributed by atoms with E-state index in [4.69, 9.17) is 29.2 Å². The number of rotatable bonds is 15. The topological polar surface area (TPSA) is 97.6 Å². The van der Waals surface area contributed by atoms with Gasteiger partial charge >= 0.3 is 0 Å². The molecule has 0 aliphatic rings. The van der Waals surface area contributed by atoms with Crippen molar-refractivity contribution in [1.29, 1.82) is 0 Å². The van der Waals surface area contributed by atoms with Crippen LogP contribution in [0.15, 0.2) is 42.5 Å². The average molecular weight is 406 g/mol.